The molecule has 3 unspecified atom stereocenters. The molecule has 1 saturated carbocycles. The molecule has 3 heteroatoms. The fourth-order valence-electron chi connectivity index (χ4n) is 5.68. The van der Waals surface area contributed by atoms with Crippen LogP contribution in [0.25, 0.3) is 10.9 Å². The second-order valence-corrected chi connectivity index (χ2v) is 7.59. The van der Waals surface area contributed by atoms with Crippen LogP contribution in [-0.2, 0) is 6.42 Å². The standard InChI is InChI=1S/C19H24N2O/c1-2-12-7-11-8-16-18-14(5-6-21(10-11)19(12)16)15-9-13(22)3-4-17(15)20-18/h3-4,9,11-12,16,19-20,22H,2,5-8,10H2,1H3/t11?,12-,16-,19?/m0/s1. The van der Waals surface area contributed by atoms with Gasteiger partial charge >= 0.3 is 0 Å². The lowest BCUT2D eigenvalue weighted by Gasteiger charge is -2.53. The number of rotatable bonds is 1. The fraction of sp³-hybridized carbons (Fsp3) is 0.579. The first-order valence-corrected chi connectivity index (χ1v) is 8.82. The van der Waals surface area contributed by atoms with Gasteiger partial charge in [0.2, 0.25) is 0 Å². The van der Waals surface area contributed by atoms with Gasteiger partial charge in [-0.2, -0.15) is 0 Å². The highest BCUT2D eigenvalue weighted by atomic mass is 16.3. The topological polar surface area (TPSA) is 39.3 Å². The van der Waals surface area contributed by atoms with Crippen LogP contribution in [0, 0.1) is 11.8 Å². The first-order valence-electron chi connectivity index (χ1n) is 8.82. The summed E-state index contributed by atoms with van der Waals surface area (Å²) in [5.41, 5.74) is 4.16. The molecule has 0 amide bonds. The van der Waals surface area contributed by atoms with Gasteiger partial charge in [0.25, 0.3) is 0 Å². The van der Waals surface area contributed by atoms with E-state index < -0.39 is 0 Å². The normalized spacial score (nSPS) is 36.3. The number of hydrogen-bond donors (Lipinski definition) is 2. The Balaban J connectivity index is 1.69. The van der Waals surface area contributed by atoms with Gasteiger partial charge in [-0.15, -0.1) is 0 Å². The van der Waals surface area contributed by atoms with E-state index in [1.807, 2.05) is 12.1 Å². The molecule has 0 radical (unpaired) electrons. The Labute approximate surface area is 131 Å². The predicted octanol–water partition coefficient (Wildman–Crippen LogP) is 3.63. The van der Waals surface area contributed by atoms with Crippen molar-refractivity contribution in [2.75, 3.05) is 13.1 Å². The van der Waals surface area contributed by atoms with E-state index in [4.69, 9.17) is 0 Å². The minimum atomic E-state index is 0.384. The first-order chi connectivity index (χ1) is 10.7. The summed E-state index contributed by atoms with van der Waals surface area (Å²) in [4.78, 5) is 6.51. The highest BCUT2D eigenvalue weighted by molar-refractivity contribution is 5.86. The molecule has 3 fully saturated rings. The van der Waals surface area contributed by atoms with Crippen LogP contribution in [0.1, 0.15) is 43.4 Å². The van der Waals surface area contributed by atoms with Gasteiger partial charge in [0.15, 0.2) is 0 Å². The van der Waals surface area contributed by atoms with Crippen LogP contribution in [-0.4, -0.2) is 34.1 Å². The molecule has 6 rings (SSSR count). The number of benzene rings is 1. The summed E-state index contributed by atoms with van der Waals surface area (Å²) in [6, 6.07) is 6.52. The van der Waals surface area contributed by atoms with Crippen LogP contribution in [0.2, 0.25) is 0 Å². The number of fused-ring (bicyclic) bond motifs is 4. The van der Waals surface area contributed by atoms with Crippen LogP contribution >= 0.6 is 0 Å². The van der Waals surface area contributed by atoms with Gasteiger partial charge in [-0.1, -0.05) is 13.3 Å². The fourth-order valence-corrected chi connectivity index (χ4v) is 5.68. The van der Waals surface area contributed by atoms with Gasteiger partial charge in [-0.05, 0) is 54.9 Å². The quantitative estimate of drug-likeness (QED) is 0.843. The molecule has 2 saturated heterocycles. The SMILES string of the molecule is CC[C@H]1CC2C[C@H]3c4[nH]c5ccc(O)cc5c4CCN(C2)C13. The summed E-state index contributed by atoms with van der Waals surface area (Å²) in [5, 5.41) is 11.1. The van der Waals surface area contributed by atoms with Crippen LogP contribution in [0.5, 0.6) is 5.75 Å². The summed E-state index contributed by atoms with van der Waals surface area (Å²) in [6.07, 6.45) is 5.22. The molecule has 0 spiro atoms. The number of nitrogens with zero attached hydrogens (tertiary/aromatic N) is 1. The molecule has 4 heterocycles. The van der Waals surface area contributed by atoms with Crippen molar-refractivity contribution in [3.63, 3.8) is 0 Å². The minimum Gasteiger partial charge on any atom is -0.508 e. The monoisotopic (exact) mass is 296 g/mol. The molecule has 5 atom stereocenters. The molecule has 2 N–H and O–H groups in total. The summed E-state index contributed by atoms with van der Waals surface area (Å²) in [6.45, 7) is 4.86. The Morgan fingerprint density at radius 1 is 1.32 bits per heavy atom. The second-order valence-electron chi connectivity index (χ2n) is 7.59. The summed E-state index contributed by atoms with van der Waals surface area (Å²) in [7, 11) is 0. The van der Waals surface area contributed by atoms with Crippen molar-refractivity contribution in [1.82, 2.24) is 9.88 Å². The van der Waals surface area contributed by atoms with Crippen molar-refractivity contribution < 1.29 is 5.11 Å². The number of phenols is 1. The number of H-pyrrole nitrogens is 1. The maximum absolute atomic E-state index is 9.87. The Hall–Kier alpha value is -1.48. The first kappa shape index (κ1) is 13.0. The molecular formula is C19H24N2O. The van der Waals surface area contributed by atoms with Gasteiger partial charge in [0, 0.05) is 41.6 Å². The van der Waals surface area contributed by atoms with Gasteiger partial charge in [-0.3, -0.25) is 4.90 Å². The van der Waals surface area contributed by atoms with Gasteiger partial charge in [0.05, 0.1) is 0 Å². The summed E-state index contributed by atoms with van der Waals surface area (Å²) >= 11 is 0. The number of aromatic amines is 1. The highest BCUT2D eigenvalue weighted by Crippen LogP contribution is 2.51. The van der Waals surface area contributed by atoms with E-state index in [9.17, 15) is 5.11 Å². The Kier molecular flexibility index (Phi) is 2.67. The van der Waals surface area contributed by atoms with E-state index >= 15 is 0 Å². The molecule has 1 aromatic carbocycles. The van der Waals surface area contributed by atoms with Gasteiger partial charge < -0.3 is 10.1 Å². The smallest absolute Gasteiger partial charge is 0.116 e. The molecule has 2 aromatic rings. The van der Waals surface area contributed by atoms with Gasteiger partial charge in [-0.25, -0.2) is 0 Å². The highest BCUT2D eigenvalue weighted by Gasteiger charge is 2.48. The van der Waals surface area contributed by atoms with Crippen molar-refractivity contribution >= 4 is 10.9 Å². The number of aromatic nitrogens is 1. The van der Waals surface area contributed by atoms with E-state index in [1.54, 1.807) is 6.07 Å². The lowest BCUT2D eigenvalue weighted by molar-refractivity contribution is -0.0134. The maximum atomic E-state index is 9.87. The zero-order valence-corrected chi connectivity index (χ0v) is 13.2. The predicted molar refractivity (Wildman–Crippen MR) is 88.3 cm³/mol. The molecule has 22 heavy (non-hydrogen) atoms. The molecule has 3 aliphatic heterocycles. The van der Waals surface area contributed by atoms with Crippen LogP contribution in [0.15, 0.2) is 18.2 Å². The third-order valence-electron chi connectivity index (χ3n) is 6.50. The van der Waals surface area contributed by atoms with Crippen molar-refractivity contribution in [3.05, 3.63) is 29.5 Å². The molecule has 1 aliphatic carbocycles. The van der Waals surface area contributed by atoms with Crippen molar-refractivity contribution in [3.8, 4) is 5.75 Å². The average molecular weight is 296 g/mol. The number of phenolic OH excluding ortho intramolecular Hbond substituents is 1. The molecule has 4 aliphatic rings. The third-order valence-corrected chi connectivity index (χ3v) is 6.50. The molecule has 1 aromatic heterocycles. The van der Waals surface area contributed by atoms with Crippen LogP contribution in [0.4, 0.5) is 0 Å². The Morgan fingerprint density at radius 2 is 2.23 bits per heavy atom. The molecule has 3 nitrogen and oxygen atoms in total. The molecular weight excluding hydrogens is 272 g/mol. The lowest BCUT2D eigenvalue weighted by atomic mass is 9.65. The number of nitrogens with one attached hydrogen (secondary N) is 1. The van der Waals surface area contributed by atoms with E-state index in [2.05, 4.69) is 16.8 Å². The largest absolute Gasteiger partial charge is 0.508 e. The van der Waals surface area contributed by atoms with E-state index in [0.29, 0.717) is 11.7 Å². The molecule has 4 bridgehead atoms. The number of aromatic hydroxyl groups is 1. The number of hydrogen-bond acceptors (Lipinski definition) is 2. The van der Waals surface area contributed by atoms with Crippen LogP contribution < -0.4 is 0 Å². The zero-order valence-electron chi connectivity index (χ0n) is 13.2. The van der Waals surface area contributed by atoms with Crippen molar-refractivity contribution in [2.24, 2.45) is 11.8 Å². The maximum Gasteiger partial charge on any atom is 0.116 e. The van der Waals surface area contributed by atoms with E-state index in [-0.39, 0.29) is 0 Å². The van der Waals surface area contributed by atoms with Crippen LogP contribution in [0.3, 0.4) is 0 Å². The lowest BCUT2D eigenvalue weighted by Crippen LogP contribution is -2.56. The van der Waals surface area contributed by atoms with E-state index in [1.165, 1.54) is 54.5 Å². The minimum absolute atomic E-state index is 0.384. The second kappa shape index (κ2) is 4.51. The zero-order chi connectivity index (χ0) is 14.8. The third kappa shape index (κ3) is 1.66. The van der Waals surface area contributed by atoms with E-state index in [0.717, 1.165) is 24.3 Å². The van der Waals surface area contributed by atoms with Gasteiger partial charge in [0.1, 0.15) is 5.75 Å². The summed E-state index contributed by atoms with van der Waals surface area (Å²) in [5.74, 6) is 2.80. The Bertz CT molecular complexity index is 734. The molecule has 116 valence electrons. The Morgan fingerprint density at radius 3 is 3.09 bits per heavy atom. The average Bonchev–Trinajstić information content (AvgIpc) is 2.85. The summed E-state index contributed by atoms with van der Waals surface area (Å²) < 4.78 is 0. The van der Waals surface area contributed by atoms with Crippen molar-refractivity contribution in [2.45, 2.75) is 44.6 Å². The van der Waals surface area contributed by atoms with Crippen molar-refractivity contribution in [1.29, 1.82) is 0 Å². The number of piperidine rings is 2.